The molecule has 0 aliphatic rings. The molecule has 152 valence electrons. The van der Waals surface area contributed by atoms with Crippen LogP contribution in [0.2, 0.25) is 0 Å². The molecule has 29 heavy (non-hydrogen) atoms. The summed E-state index contributed by atoms with van der Waals surface area (Å²) in [5, 5.41) is 1.66. The fraction of sp³-hybridized carbons (Fsp3) is 0.364. The van der Waals surface area contributed by atoms with Crippen molar-refractivity contribution in [2.75, 3.05) is 11.5 Å². The maximum atomic E-state index is 12.4. The lowest BCUT2D eigenvalue weighted by Crippen LogP contribution is -2.14. The topological polar surface area (TPSA) is 44.0 Å². The smallest absolute Gasteiger partial charge is 0.268 e. The van der Waals surface area contributed by atoms with Gasteiger partial charge in [-0.25, -0.2) is 0 Å². The van der Waals surface area contributed by atoms with Gasteiger partial charge in [-0.2, -0.15) is 11.8 Å². The molecule has 0 N–H and O–H groups in total. The quantitative estimate of drug-likeness (QED) is 0.348. The van der Waals surface area contributed by atoms with E-state index < -0.39 is 0 Å². The highest BCUT2D eigenvalue weighted by Gasteiger charge is 2.08. The molecule has 4 aromatic rings. The number of rotatable bonds is 8. The zero-order chi connectivity index (χ0) is 20.4. The molecule has 4 rings (SSSR count). The minimum atomic E-state index is 0.134. The molecule has 0 spiro atoms. The molecule has 0 bridgehead atoms. The molecule has 0 aliphatic heterocycles. The molecule has 0 unspecified atom stereocenters. The molecule has 4 nitrogen and oxygen atoms in total. The molecule has 0 saturated carbocycles. The van der Waals surface area contributed by atoms with Crippen molar-refractivity contribution < 1.29 is 0 Å². The molecule has 0 atom stereocenters. The summed E-state index contributed by atoms with van der Waals surface area (Å²) >= 11 is 5.03. The molecule has 0 radical (unpaired) electrons. The average molecular weight is 445 g/mol. The maximum absolute atomic E-state index is 12.4. The van der Waals surface area contributed by atoms with E-state index >= 15 is 0 Å². The van der Waals surface area contributed by atoms with Gasteiger partial charge >= 0.3 is 0 Å². The van der Waals surface area contributed by atoms with Crippen LogP contribution < -0.4 is 11.1 Å². The average Bonchev–Trinajstić information content (AvgIpc) is 3.17. The highest BCUT2D eigenvalue weighted by Crippen LogP contribution is 2.20. The third-order valence-corrected chi connectivity index (χ3v) is 8.27. The van der Waals surface area contributed by atoms with Crippen LogP contribution in [0.1, 0.15) is 24.0 Å². The van der Waals surface area contributed by atoms with Crippen molar-refractivity contribution in [1.82, 2.24) is 7.91 Å². The Morgan fingerprint density at radius 3 is 1.66 bits per heavy atom. The first-order valence-electron chi connectivity index (χ1n) is 9.81. The largest absolute Gasteiger partial charge is 0.268 e. The molecule has 2 aromatic heterocycles. The first kappa shape index (κ1) is 20.4. The van der Waals surface area contributed by atoms with Crippen LogP contribution in [0.3, 0.4) is 0 Å². The molecule has 0 fully saturated rings. The van der Waals surface area contributed by atoms with Gasteiger partial charge in [-0.15, -0.1) is 0 Å². The number of benzene rings is 2. The van der Waals surface area contributed by atoms with E-state index in [2.05, 4.69) is 26.0 Å². The zero-order valence-electron chi connectivity index (χ0n) is 16.6. The zero-order valence-corrected chi connectivity index (χ0v) is 19.1. The van der Waals surface area contributed by atoms with Gasteiger partial charge in [0.1, 0.15) is 0 Å². The summed E-state index contributed by atoms with van der Waals surface area (Å²) < 4.78 is 5.91. The lowest BCUT2D eigenvalue weighted by molar-refractivity contribution is 0.713. The van der Waals surface area contributed by atoms with Crippen molar-refractivity contribution in [1.29, 1.82) is 0 Å². The van der Waals surface area contributed by atoms with Crippen LogP contribution in [0, 0.1) is 13.8 Å². The lowest BCUT2D eigenvalue weighted by Gasteiger charge is -2.03. The van der Waals surface area contributed by atoms with E-state index in [-0.39, 0.29) is 11.1 Å². The van der Waals surface area contributed by atoms with Crippen molar-refractivity contribution in [3.8, 4) is 0 Å². The van der Waals surface area contributed by atoms with E-state index in [0.717, 1.165) is 57.6 Å². The molecule has 2 heterocycles. The van der Waals surface area contributed by atoms with E-state index in [0.29, 0.717) is 0 Å². The second kappa shape index (κ2) is 8.90. The number of fused-ring (bicyclic) bond motifs is 2. The minimum absolute atomic E-state index is 0.134. The molecule has 2 aromatic carbocycles. The SMILES string of the molecule is Cc1ccc2c(=O)n(CCCSCCCn3sc4cc(C)ccc4c3=O)sc2c1. The van der Waals surface area contributed by atoms with E-state index in [4.69, 9.17) is 0 Å². The Morgan fingerprint density at radius 1 is 0.759 bits per heavy atom. The first-order valence-corrected chi connectivity index (χ1v) is 12.5. The monoisotopic (exact) mass is 444 g/mol. The van der Waals surface area contributed by atoms with Gasteiger partial charge in [-0.05, 0) is 73.6 Å². The van der Waals surface area contributed by atoms with Crippen molar-refractivity contribution in [3.63, 3.8) is 0 Å². The fourth-order valence-corrected chi connectivity index (χ4v) is 6.50. The first-order chi connectivity index (χ1) is 14.0. The number of hydrogen-bond acceptors (Lipinski definition) is 5. The van der Waals surface area contributed by atoms with Crippen LogP contribution in [0.25, 0.3) is 20.2 Å². The molecule has 0 saturated heterocycles. The van der Waals surface area contributed by atoms with Crippen LogP contribution >= 0.6 is 34.8 Å². The summed E-state index contributed by atoms with van der Waals surface area (Å²) in [6.07, 6.45) is 1.97. The summed E-state index contributed by atoms with van der Waals surface area (Å²) in [7, 11) is 0. The Balaban J connectivity index is 1.23. The van der Waals surface area contributed by atoms with Crippen LogP contribution in [0.15, 0.2) is 46.0 Å². The molecule has 0 amide bonds. The van der Waals surface area contributed by atoms with Gasteiger partial charge in [0, 0.05) is 13.1 Å². The Labute approximate surface area is 182 Å². The number of aromatic nitrogens is 2. The van der Waals surface area contributed by atoms with Crippen LogP contribution in [-0.4, -0.2) is 19.4 Å². The normalized spacial score (nSPS) is 11.7. The third kappa shape index (κ3) is 4.52. The maximum Gasteiger partial charge on any atom is 0.268 e. The van der Waals surface area contributed by atoms with Crippen LogP contribution in [0.5, 0.6) is 0 Å². The van der Waals surface area contributed by atoms with Gasteiger partial charge < -0.3 is 0 Å². The van der Waals surface area contributed by atoms with Crippen LogP contribution in [0.4, 0.5) is 0 Å². The van der Waals surface area contributed by atoms with Gasteiger partial charge in [-0.3, -0.25) is 17.5 Å². The Morgan fingerprint density at radius 2 is 1.21 bits per heavy atom. The van der Waals surface area contributed by atoms with Gasteiger partial charge in [0.25, 0.3) is 11.1 Å². The predicted octanol–water partition coefficient (Wildman–Crippen LogP) is 5.27. The van der Waals surface area contributed by atoms with Crippen molar-refractivity contribution in [2.45, 2.75) is 39.8 Å². The summed E-state index contributed by atoms with van der Waals surface area (Å²) in [5.74, 6) is 2.06. The van der Waals surface area contributed by atoms with Crippen LogP contribution in [-0.2, 0) is 13.1 Å². The summed E-state index contributed by atoms with van der Waals surface area (Å²) in [4.78, 5) is 24.9. The lowest BCUT2D eigenvalue weighted by atomic mass is 10.2. The van der Waals surface area contributed by atoms with Gasteiger partial charge in [0.15, 0.2) is 0 Å². The van der Waals surface area contributed by atoms with E-state index in [1.165, 1.54) is 11.1 Å². The van der Waals surface area contributed by atoms with E-state index in [1.54, 1.807) is 23.1 Å². The second-order valence-corrected chi connectivity index (χ2v) is 10.7. The highest BCUT2D eigenvalue weighted by atomic mass is 32.2. The Hall–Kier alpha value is -1.83. The third-order valence-electron chi connectivity index (χ3n) is 4.90. The van der Waals surface area contributed by atoms with E-state index in [9.17, 15) is 9.59 Å². The standard InChI is InChI=1S/C22H24N2O2S3/c1-15-5-7-17-19(13-15)28-23(21(17)25)9-3-11-27-12-4-10-24-22(26)18-8-6-16(2)14-20(18)29-24/h5-8,13-14H,3-4,9-12H2,1-2H3. The molecule has 0 aliphatic carbocycles. The molecular weight excluding hydrogens is 420 g/mol. The summed E-state index contributed by atoms with van der Waals surface area (Å²) in [6.45, 7) is 5.66. The van der Waals surface area contributed by atoms with Crippen molar-refractivity contribution in [2.24, 2.45) is 0 Å². The molecule has 7 heteroatoms. The molecular formula is C22H24N2O2S3. The van der Waals surface area contributed by atoms with E-state index in [1.807, 2.05) is 43.9 Å². The number of aryl methyl sites for hydroxylation is 4. The van der Waals surface area contributed by atoms with Crippen molar-refractivity contribution in [3.05, 3.63) is 68.2 Å². The van der Waals surface area contributed by atoms with Gasteiger partial charge in [-0.1, -0.05) is 35.2 Å². The minimum Gasteiger partial charge on any atom is -0.268 e. The second-order valence-electron chi connectivity index (χ2n) is 7.32. The predicted molar refractivity (Wildman–Crippen MR) is 128 cm³/mol. The summed E-state index contributed by atoms with van der Waals surface area (Å²) in [6, 6.07) is 12.0. The Kier molecular flexibility index (Phi) is 6.27. The van der Waals surface area contributed by atoms with Gasteiger partial charge in [0.2, 0.25) is 0 Å². The fourth-order valence-electron chi connectivity index (χ4n) is 3.37. The number of nitrogens with zero attached hydrogens (tertiary/aromatic N) is 2. The Bertz CT molecular complexity index is 1160. The van der Waals surface area contributed by atoms with Crippen molar-refractivity contribution >= 4 is 55.0 Å². The highest BCUT2D eigenvalue weighted by molar-refractivity contribution is 7.99. The number of hydrogen-bond donors (Lipinski definition) is 0. The summed E-state index contributed by atoms with van der Waals surface area (Å²) in [5.41, 5.74) is 2.65. The van der Waals surface area contributed by atoms with Gasteiger partial charge in [0.05, 0.1) is 20.2 Å². The number of thioether (sulfide) groups is 1.